The van der Waals surface area contributed by atoms with Crippen LogP contribution in [0.5, 0.6) is 0 Å². The summed E-state index contributed by atoms with van der Waals surface area (Å²) < 4.78 is 15.6. The first-order valence-electron chi connectivity index (χ1n) is 9.93. The highest BCUT2D eigenvalue weighted by Crippen LogP contribution is 2.46. The van der Waals surface area contributed by atoms with Crippen molar-refractivity contribution < 1.29 is 18.5 Å². The van der Waals surface area contributed by atoms with Gasteiger partial charge in [-0.2, -0.15) is 0 Å². The van der Waals surface area contributed by atoms with Gasteiger partial charge in [0.25, 0.3) is 0 Å². The highest BCUT2D eigenvalue weighted by molar-refractivity contribution is 7.87. The number of unbranched alkanes of at least 4 members (excludes halogenated alkanes) is 2. The SMILES string of the molecule is CCCCP(CCCC)N[C@@H]1C(=O)N2[C@@H]1S(=O)C(C)(C)[C@@H]2C(=O)OCC(Cl)(Cl)Cl. The summed E-state index contributed by atoms with van der Waals surface area (Å²) in [5, 5.41) is 2.96. The van der Waals surface area contributed by atoms with Crippen LogP contribution in [0.25, 0.3) is 0 Å². The molecular weight excluding hydrogens is 478 g/mol. The first kappa shape index (κ1) is 25.6. The number of alkyl halides is 3. The molecule has 4 atom stereocenters. The Morgan fingerprint density at radius 2 is 1.79 bits per heavy atom. The van der Waals surface area contributed by atoms with Crippen LogP contribution in [0.4, 0.5) is 0 Å². The van der Waals surface area contributed by atoms with Crippen molar-refractivity contribution in [2.75, 3.05) is 18.9 Å². The van der Waals surface area contributed by atoms with E-state index in [-0.39, 0.29) is 5.91 Å². The van der Waals surface area contributed by atoms with Gasteiger partial charge in [-0.3, -0.25) is 14.1 Å². The summed E-state index contributed by atoms with van der Waals surface area (Å²) in [4.78, 5) is 27.0. The molecule has 29 heavy (non-hydrogen) atoms. The quantitative estimate of drug-likeness (QED) is 0.210. The molecule has 0 aromatic carbocycles. The molecule has 11 heteroatoms. The van der Waals surface area contributed by atoms with Crippen molar-refractivity contribution in [3.8, 4) is 0 Å². The van der Waals surface area contributed by atoms with Crippen molar-refractivity contribution in [3.63, 3.8) is 0 Å². The largest absolute Gasteiger partial charge is 0.460 e. The Balaban J connectivity index is 2.13. The Labute approximate surface area is 192 Å². The highest BCUT2D eigenvalue weighted by atomic mass is 35.6. The summed E-state index contributed by atoms with van der Waals surface area (Å²) >= 11 is 17.0. The molecule has 168 valence electrons. The molecule has 2 aliphatic rings. The van der Waals surface area contributed by atoms with Gasteiger partial charge in [-0.1, -0.05) is 61.5 Å². The van der Waals surface area contributed by atoms with Gasteiger partial charge in [0.15, 0.2) is 0 Å². The van der Waals surface area contributed by atoms with Crippen LogP contribution in [0.1, 0.15) is 53.4 Å². The number of ether oxygens (including phenoxy) is 1. The van der Waals surface area contributed by atoms with E-state index in [1.165, 1.54) is 4.90 Å². The monoisotopic (exact) mass is 506 g/mol. The summed E-state index contributed by atoms with van der Waals surface area (Å²) in [7, 11) is -1.94. The standard InChI is InChI=1S/C18H30Cl3N2O4PS/c1-5-7-9-28(10-8-6-2)22-12-14(24)23-13(16(25)27-11-18(19,20)21)17(3,4)29(26)15(12)23/h12-13,15,22H,5-11H2,1-4H3/t12-,13+,15-,29?/m1/s1. The zero-order valence-electron chi connectivity index (χ0n) is 17.3. The number of halogens is 3. The van der Waals surface area contributed by atoms with Crippen LogP contribution >= 0.6 is 42.9 Å². The smallest absolute Gasteiger partial charge is 0.330 e. The molecule has 1 amide bonds. The van der Waals surface area contributed by atoms with E-state index in [2.05, 4.69) is 18.9 Å². The first-order chi connectivity index (χ1) is 13.5. The molecule has 1 unspecified atom stereocenters. The zero-order valence-corrected chi connectivity index (χ0v) is 21.2. The Kier molecular flexibility index (Phi) is 9.11. The summed E-state index contributed by atoms with van der Waals surface area (Å²) in [6, 6.07) is -1.47. The van der Waals surface area contributed by atoms with Crippen LogP contribution in [0, 0.1) is 0 Å². The number of nitrogens with one attached hydrogen (secondary N) is 1. The maximum Gasteiger partial charge on any atom is 0.330 e. The van der Waals surface area contributed by atoms with Gasteiger partial charge in [0.1, 0.15) is 24.1 Å². The number of esters is 1. The molecular formula is C18H30Cl3N2O4PS. The van der Waals surface area contributed by atoms with Gasteiger partial charge in [-0.05, 0) is 47.1 Å². The number of rotatable bonds is 10. The van der Waals surface area contributed by atoms with Crippen LogP contribution in [-0.4, -0.2) is 65.9 Å². The third kappa shape index (κ3) is 5.78. The van der Waals surface area contributed by atoms with Crippen molar-refractivity contribution in [3.05, 3.63) is 0 Å². The van der Waals surface area contributed by atoms with E-state index in [9.17, 15) is 13.8 Å². The average Bonchev–Trinajstić information content (AvgIpc) is 2.82. The summed E-state index contributed by atoms with van der Waals surface area (Å²) in [6.45, 7) is 7.29. The number of β-lactam (4-membered cyclic amide) rings is 1. The zero-order chi connectivity index (χ0) is 22.0. The summed E-state index contributed by atoms with van der Waals surface area (Å²) in [5.41, 5.74) is 0. The Morgan fingerprint density at radius 1 is 1.24 bits per heavy atom. The molecule has 0 saturated carbocycles. The third-order valence-corrected chi connectivity index (χ3v) is 10.1. The van der Waals surface area contributed by atoms with Crippen LogP contribution in [0.15, 0.2) is 0 Å². The topological polar surface area (TPSA) is 75.7 Å². The maximum atomic E-state index is 13.2. The Morgan fingerprint density at radius 3 is 2.28 bits per heavy atom. The maximum absolute atomic E-state index is 13.2. The van der Waals surface area contributed by atoms with E-state index in [0.717, 1.165) is 38.0 Å². The second kappa shape index (κ2) is 10.3. The predicted molar refractivity (Wildman–Crippen MR) is 121 cm³/mol. The summed E-state index contributed by atoms with van der Waals surface area (Å²) in [6.07, 6.45) is 6.45. The van der Waals surface area contributed by atoms with Crippen molar-refractivity contribution in [2.45, 2.75) is 79.4 Å². The second-order valence-corrected chi connectivity index (χ2v) is 14.8. The minimum absolute atomic E-state index is 0.203. The van der Waals surface area contributed by atoms with Gasteiger partial charge < -0.3 is 9.64 Å². The molecule has 0 aromatic rings. The predicted octanol–water partition coefficient (Wildman–Crippen LogP) is 3.93. The molecule has 0 radical (unpaired) electrons. The van der Waals surface area contributed by atoms with E-state index in [4.69, 9.17) is 39.5 Å². The molecule has 0 spiro atoms. The lowest BCUT2D eigenvalue weighted by molar-refractivity contribution is -0.163. The lowest BCUT2D eigenvalue weighted by atomic mass is 9.96. The number of nitrogens with zero attached hydrogens (tertiary/aromatic N) is 1. The highest BCUT2D eigenvalue weighted by Gasteiger charge is 2.68. The molecule has 1 N–H and O–H groups in total. The molecule has 0 bridgehead atoms. The van der Waals surface area contributed by atoms with Gasteiger partial charge in [0.2, 0.25) is 9.70 Å². The first-order valence-corrected chi connectivity index (χ1v) is 14.0. The number of carbonyl (C=O) groups excluding carboxylic acids is 2. The van der Waals surface area contributed by atoms with Crippen LogP contribution in [-0.2, 0) is 25.1 Å². The van der Waals surface area contributed by atoms with Crippen LogP contribution in [0.2, 0.25) is 0 Å². The minimum Gasteiger partial charge on any atom is -0.460 e. The number of hydrogen-bond acceptors (Lipinski definition) is 5. The molecule has 2 heterocycles. The van der Waals surface area contributed by atoms with E-state index in [1.54, 1.807) is 13.8 Å². The summed E-state index contributed by atoms with van der Waals surface area (Å²) in [5.74, 6) is -0.895. The van der Waals surface area contributed by atoms with E-state index < -0.39 is 57.4 Å². The van der Waals surface area contributed by atoms with Crippen LogP contribution < -0.4 is 5.09 Å². The van der Waals surface area contributed by atoms with Crippen LogP contribution in [0.3, 0.4) is 0 Å². The molecule has 6 nitrogen and oxygen atoms in total. The number of fused-ring (bicyclic) bond motifs is 1. The Bertz CT molecular complexity index is 639. The number of hydrogen-bond donors (Lipinski definition) is 1. The van der Waals surface area contributed by atoms with Crippen molar-refractivity contribution in [1.82, 2.24) is 9.99 Å². The molecule has 2 fully saturated rings. The van der Waals surface area contributed by atoms with E-state index in [1.807, 2.05) is 0 Å². The average molecular weight is 508 g/mol. The lowest BCUT2D eigenvalue weighted by Crippen LogP contribution is -2.70. The fourth-order valence-electron chi connectivity index (χ4n) is 3.63. The van der Waals surface area contributed by atoms with Gasteiger partial charge >= 0.3 is 5.97 Å². The van der Waals surface area contributed by atoms with Gasteiger partial charge in [0, 0.05) is 0 Å². The normalized spacial score (nSPS) is 28.4. The Hall–Kier alpha value is 0.350. The van der Waals surface area contributed by atoms with Crippen molar-refractivity contribution in [1.29, 1.82) is 0 Å². The molecule has 2 saturated heterocycles. The second-order valence-electron chi connectivity index (χ2n) is 7.96. The van der Waals surface area contributed by atoms with Gasteiger partial charge in [-0.25, -0.2) is 4.79 Å². The van der Waals surface area contributed by atoms with Gasteiger partial charge in [0.05, 0.1) is 15.5 Å². The number of carbonyl (C=O) groups is 2. The minimum atomic E-state index is -1.74. The molecule has 2 aliphatic heterocycles. The van der Waals surface area contributed by atoms with Crippen molar-refractivity contribution >= 4 is 65.6 Å². The lowest BCUT2D eigenvalue weighted by Gasteiger charge is -2.45. The van der Waals surface area contributed by atoms with E-state index >= 15 is 0 Å². The fraction of sp³-hybridized carbons (Fsp3) is 0.889. The van der Waals surface area contributed by atoms with Gasteiger partial charge in [-0.15, -0.1) is 0 Å². The fourth-order valence-corrected chi connectivity index (χ4v) is 8.33. The van der Waals surface area contributed by atoms with E-state index in [0.29, 0.717) is 0 Å². The van der Waals surface area contributed by atoms with Crippen molar-refractivity contribution in [2.24, 2.45) is 0 Å². The third-order valence-electron chi connectivity index (χ3n) is 5.24. The molecule has 0 aliphatic carbocycles. The molecule has 0 aromatic heterocycles. The number of amides is 1. The molecule has 2 rings (SSSR count).